The van der Waals surface area contributed by atoms with Crippen LogP contribution >= 0.6 is 0 Å². The van der Waals surface area contributed by atoms with Crippen LogP contribution in [-0.4, -0.2) is 27.1 Å². The fourth-order valence-electron chi connectivity index (χ4n) is 3.19. The first kappa shape index (κ1) is 18.6. The summed E-state index contributed by atoms with van der Waals surface area (Å²) in [5, 5.41) is 4.37. The van der Waals surface area contributed by atoms with Crippen molar-refractivity contribution in [2.45, 2.75) is 19.7 Å². The number of ether oxygens (including phenoxy) is 1. The maximum atomic E-state index is 13.9. The van der Waals surface area contributed by atoms with Crippen LogP contribution in [-0.2, 0) is 19.7 Å². The molecule has 6 nitrogen and oxygen atoms in total. The number of benzene rings is 2. The number of rotatable bonds is 4. The number of nitrogens with zero attached hydrogens (tertiary/aromatic N) is 4. The Morgan fingerprint density at radius 2 is 2.03 bits per heavy atom. The lowest BCUT2D eigenvalue weighted by molar-refractivity contribution is 0.0700. The molecule has 4 rings (SSSR count). The van der Waals surface area contributed by atoms with Gasteiger partial charge >= 0.3 is 0 Å². The quantitative estimate of drug-likeness (QED) is 0.630. The average molecular weight is 394 g/mol. The van der Waals surface area contributed by atoms with Crippen LogP contribution in [0.15, 0.2) is 48.5 Å². The zero-order valence-corrected chi connectivity index (χ0v) is 15.3. The van der Waals surface area contributed by atoms with Crippen LogP contribution in [0.1, 0.15) is 21.6 Å². The maximum absolute atomic E-state index is 13.9. The molecule has 1 aliphatic rings. The fraction of sp³-hybridized carbons (Fsp3) is 0.190. The largest absolute Gasteiger partial charge is 0.472 e. The van der Waals surface area contributed by atoms with Gasteiger partial charge in [-0.25, -0.2) is 13.6 Å². The van der Waals surface area contributed by atoms with Crippen LogP contribution < -0.4 is 4.74 Å². The lowest BCUT2D eigenvalue weighted by atomic mass is 10.1. The van der Waals surface area contributed by atoms with E-state index in [2.05, 4.69) is 9.94 Å². The van der Waals surface area contributed by atoms with E-state index in [-0.39, 0.29) is 18.7 Å². The van der Waals surface area contributed by atoms with Gasteiger partial charge < -0.3 is 9.64 Å². The van der Waals surface area contributed by atoms with Gasteiger partial charge in [-0.15, -0.1) is 5.10 Å². The van der Waals surface area contributed by atoms with E-state index in [9.17, 15) is 13.6 Å². The first-order chi connectivity index (χ1) is 14.0. The standard InChI is InChI=1S/C21H16F2N4O2/c1-24-16-4-2-3-14(9-16)13-29-20-11-17-12-26(7-8-27(17)25-20)21(28)18-10-15(22)5-6-19(18)23/h2-6,9-11H,7-8,12-13H2. The predicted octanol–water partition coefficient (Wildman–Crippen LogP) is 3.95. The summed E-state index contributed by atoms with van der Waals surface area (Å²) >= 11 is 0. The van der Waals surface area contributed by atoms with Crippen LogP contribution in [0, 0.1) is 18.2 Å². The van der Waals surface area contributed by atoms with Crippen LogP contribution in [0.4, 0.5) is 14.5 Å². The number of carbonyl (C=O) groups excluding carboxylic acids is 1. The molecule has 0 radical (unpaired) electrons. The van der Waals surface area contributed by atoms with Crippen LogP contribution in [0.3, 0.4) is 0 Å². The number of carbonyl (C=O) groups is 1. The molecule has 0 saturated carbocycles. The topological polar surface area (TPSA) is 51.7 Å². The van der Waals surface area contributed by atoms with Crippen LogP contribution in [0.2, 0.25) is 0 Å². The summed E-state index contributed by atoms with van der Waals surface area (Å²) < 4.78 is 34.8. The fourth-order valence-corrected chi connectivity index (χ4v) is 3.19. The van der Waals surface area contributed by atoms with E-state index < -0.39 is 17.5 Å². The molecular formula is C21H16F2N4O2. The molecule has 1 amide bonds. The Morgan fingerprint density at radius 3 is 2.86 bits per heavy atom. The summed E-state index contributed by atoms with van der Waals surface area (Å²) in [6, 6.07) is 11.7. The first-order valence-corrected chi connectivity index (χ1v) is 8.94. The van der Waals surface area contributed by atoms with E-state index >= 15 is 0 Å². The highest BCUT2D eigenvalue weighted by Crippen LogP contribution is 2.22. The Hall–Kier alpha value is -3.73. The SMILES string of the molecule is [C-]#[N+]c1cccc(COc2cc3n(n2)CCN(C(=O)c2cc(F)ccc2F)C3)c1. The predicted molar refractivity (Wildman–Crippen MR) is 100 cm³/mol. The molecule has 146 valence electrons. The van der Waals surface area contributed by atoms with Crippen molar-refractivity contribution in [3.63, 3.8) is 0 Å². The number of amides is 1. The minimum absolute atomic E-state index is 0.221. The van der Waals surface area contributed by atoms with E-state index in [4.69, 9.17) is 11.3 Å². The first-order valence-electron chi connectivity index (χ1n) is 8.94. The van der Waals surface area contributed by atoms with Gasteiger partial charge in [0.05, 0.1) is 30.9 Å². The van der Waals surface area contributed by atoms with Gasteiger partial charge in [-0.1, -0.05) is 18.2 Å². The summed E-state index contributed by atoms with van der Waals surface area (Å²) in [6.07, 6.45) is 0. The molecule has 1 aromatic heterocycles. The smallest absolute Gasteiger partial charge is 0.257 e. The lowest BCUT2D eigenvalue weighted by Crippen LogP contribution is -2.38. The van der Waals surface area contributed by atoms with Crippen molar-refractivity contribution in [1.82, 2.24) is 14.7 Å². The van der Waals surface area contributed by atoms with Gasteiger partial charge in [-0.3, -0.25) is 9.48 Å². The Kier molecular flexibility index (Phi) is 4.96. The molecule has 0 fully saturated rings. The third-order valence-corrected chi connectivity index (χ3v) is 4.65. The molecule has 0 aliphatic carbocycles. The summed E-state index contributed by atoms with van der Waals surface area (Å²) in [7, 11) is 0. The summed E-state index contributed by atoms with van der Waals surface area (Å²) in [5.41, 5.74) is 1.84. The molecule has 2 heterocycles. The minimum atomic E-state index is -0.749. The number of halogens is 2. The number of fused-ring (bicyclic) bond motifs is 1. The van der Waals surface area contributed by atoms with E-state index in [0.717, 1.165) is 29.5 Å². The van der Waals surface area contributed by atoms with Crippen molar-refractivity contribution in [1.29, 1.82) is 0 Å². The summed E-state index contributed by atoms with van der Waals surface area (Å²) in [5.74, 6) is -1.57. The second-order valence-electron chi connectivity index (χ2n) is 6.62. The lowest BCUT2D eigenvalue weighted by Gasteiger charge is -2.27. The van der Waals surface area contributed by atoms with Gasteiger partial charge in [0.2, 0.25) is 5.88 Å². The van der Waals surface area contributed by atoms with Crippen molar-refractivity contribution >= 4 is 11.6 Å². The van der Waals surface area contributed by atoms with E-state index in [1.165, 1.54) is 4.90 Å². The zero-order valence-electron chi connectivity index (χ0n) is 15.3. The highest BCUT2D eigenvalue weighted by atomic mass is 19.1. The second-order valence-corrected chi connectivity index (χ2v) is 6.62. The molecule has 0 N–H and O–H groups in total. The van der Waals surface area contributed by atoms with Gasteiger partial charge in [-0.05, 0) is 29.8 Å². The monoisotopic (exact) mass is 394 g/mol. The normalized spacial score (nSPS) is 12.9. The molecule has 2 aromatic carbocycles. The van der Waals surface area contributed by atoms with Gasteiger partial charge in [0.1, 0.15) is 18.2 Å². The second kappa shape index (κ2) is 7.72. The van der Waals surface area contributed by atoms with Crippen molar-refractivity contribution in [3.8, 4) is 5.88 Å². The van der Waals surface area contributed by atoms with Gasteiger partial charge in [0, 0.05) is 12.6 Å². The number of aromatic nitrogens is 2. The third-order valence-electron chi connectivity index (χ3n) is 4.65. The van der Waals surface area contributed by atoms with Crippen molar-refractivity contribution in [2.75, 3.05) is 6.54 Å². The number of hydrogen-bond acceptors (Lipinski definition) is 3. The van der Waals surface area contributed by atoms with Crippen molar-refractivity contribution in [2.24, 2.45) is 0 Å². The Morgan fingerprint density at radius 1 is 1.17 bits per heavy atom. The molecular weight excluding hydrogens is 378 g/mol. The minimum Gasteiger partial charge on any atom is -0.472 e. The highest BCUT2D eigenvalue weighted by molar-refractivity contribution is 5.94. The molecule has 0 saturated heterocycles. The van der Waals surface area contributed by atoms with E-state index in [1.54, 1.807) is 28.9 Å². The van der Waals surface area contributed by atoms with Crippen LogP contribution in [0.5, 0.6) is 5.88 Å². The van der Waals surface area contributed by atoms with Gasteiger partial charge in [0.15, 0.2) is 5.69 Å². The molecule has 0 spiro atoms. The molecule has 0 bridgehead atoms. The average Bonchev–Trinajstić information content (AvgIpc) is 3.15. The van der Waals surface area contributed by atoms with Gasteiger partial charge in [0.25, 0.3) is 5.91 Å². The molecule has 29 heavy (non-hydrogen) atoms. The van der Waals surface area contributed by atoms with Crippen LogP contribution in [0.25, 0.3) is 4.85 Å². The summed E-state index contributed by atoms with van der Waals surface area (Å²) in [6.45, 7) is 8.29. The van der Waals surface area contributed by atoms with Crippen molar-refractivity contribution < 1.29 is 18.3 Å². The van der Waals surface area contributed by atoms with Crippen molar-refractivity contribution in [3.05, 3.63) is 88.4 Å². The molecule has 3 aromatic rings. The molecule has 0 unspecified atom stereocenters. The Labute approximate surface area is 165 Å². The molecule has 8 heteroatoms. The van der Waals surface area contributed by atoms with Gasteiger partial charge in [-0.2, -0.15) is 0 Å². The Bertz CT molecular complexity index is 1120. The highest BCUT2D eigenvalue weighted by Gasteiger charge is 2.25. The maximum Gasteiger partial charge on any atom is 0.257 e. The summed E-state index contributed by atoms with van der Waals surface area (Å²) in [4.78, 5) is 17.4. The Balaban J connectivity index is 1.45. The van der Waals surface area contributed by atoms with E-state index in [1.807, 2.05) is 6.07 Å². The number of hydrogen-bond donors (Lipinski definition) is 0. The molecule has 1 aliphatic heterocycles. The zero-order chi connectivity index (χ0) is 20.4. The van der Waals surface area contributed by atoms with E-state index in [0.29, 0.717) is 24.7 Å². The molecule has 0 atom stereocenters. The third kappa shape index (κ3) is 3.94.